The molecule has 0 spiro atoms. The Morgan fingerprint density at radius 1 is 1.09 bits per heavy atom. The van der Waals surface area contributed by atoms with Crippen LogP contribution >= 0.6 is 11.6 Å². The topological polar surface area (TPSA) is 37.4 Å². The summed E-state index contributed by atoms with van der Waals surface area (Å²) in [5.41, 5.74) is 1.45. The van der Waals surface area contributed by atoms with Crippen LogP contribution in [0, 0.1) is 5.82 Å². The second-order valence-corrected chi connectivity index (χ2v) is 7.14. The molecule has 0 aromatic heterocycles. The lowest BCUT2D eigenvalue weighted by atomic mass is 10.2. The van der Waals surface area contributed by atoms with Gasteiger partial charge in [0.05, 0.1) is 0 Å². The van der Waals surface area contributed by atoms with Crippen LogP contribution in [0.2, 0.25) is 5.02 Å². The van der Waals surface area contributed by atoms with E-state index in [4.69, 9.17) is 11.6 Å². The average Bonchev–Trinajstić information content (AvgIpc) is 2.49. The van der Waals surface area contributed by atoms with E-state index in [2.05, 4.69) is 0 Å². The van der Waals surface area contributed by atoms with Crippen LogP contribution in [0.1, 0.15) is 11.1 Å². The van der Waals surface area contributed by atoms with Crippen molar-refractivity contribution in [3.05, 3.63) is 75.9 Å². The van der Waals surface area contributed by atoms with Crippen molar-refractivity contribution in [1.82, 2.24) is 4.31 Å². The van der Waals surface area contributed by atoms with Gasteiger partial charge in [-0.05, 0) is 41.5 Å². The van der Waals surface area contributed by atoms with Gasteiger partial charge in [-0.25, -0.2) is 12.8 Å². The van der Waals surface area contributed by atoms with Gasteiger partial charge >= 0.3 is 0 Å². The van der Waals surface area contributed by atoms with E-state index in [1.807, 2.05) is 0 Å². The van der Waals surface area contributed by atoms with E-state index in [0.29, 0.717) is 10.6 Å². The fraction of sp³-hybridized carbons (Fsp3) is 0.125. The van der Waals surface area contributed by atoms with E-state index in [9.17, 15) is 12.8 Å². The third-order valence-corrected chi connectivity index (χ3v) is 4.79. The molecular formula is C16H15ClFNO2S. The maximum atomic E-state index is 12.8. The van der Waals surface area contributed by atoms with Gasteiger partial charge < -0.3 is 0 Å². The summed E-state index contributed by atoms with van der Waals surface area (Å²) in [5, 5.41) is 1.73. The normalized spacial score (nSPS) is 12.2. The molecule has 0 amide bonds. The minimum atomic E-state index is -3.55. The molecule has 0 aliphatic heterocycles. The van der Waals surface area contributed by atoms with Crippen molar-refractivity contribution in [3.8, 4) is 0 Å². The summed E-state index contributed by atoms with van der Waals surface area (Å²) < 4.78 is 38.4. The molecule has 0 aliphatic rings. The summed E-state index contributed by atoms with van der Waals surface area (Å²) in [6, 6.07) is 12.6. The number of nitrogens with zero attached hydrogens (tertiary/aromatic N) is 1. The van der Waals surface area contributed by atoms with Crippen LogP contribution in [-0.4, -0.2) is 19.8 Å². The number of benzene rings is 2. The summed E-state index contributed by atoms with van der Waals surface area (Å²) in [7, 11) is -2.07. The van der Waals surface area contributed by atoms with E-state index in [1.54, 1.807) is 36.4 Å². The molecule has 0 bridgehead atoms. The predicted molar refractivity (Wildman–Crippen MR) is 87.3 cm³/mol. The largest absolute Gasteiger partial charge is 0.236 e. The SMILES string of the molecule is CN(Cc1ccc(F)cc1)S(=O)(=O)/C=C/c1ccc(Cl)cc1. The van der Waals surface area contributed by atoms with Crippen LogP contribution in [0.3, 0.4) is 0 Å². The van der Waals surface area contributed by atoms with Gasteiger partial charge in [0.25, 0.3) is 0 Å². The number of hydrogen-bond acceptors (Lipinski definition) is 2. The molecule has 0 atom stereocenters. The Morgan fingerprint density at radius 2 is 1.68 bits per heavy atom. The van der Waals surface area contributed by atoms with Crippen molar-refractivity contribution in [2.45, 2.75) is 6.54 Å². The van der Waals surface area contributed by atoms with Gasteiger partial charge in [0.1, 0.15) is 5.82 Å². The molecule has 0 N–H and O–H groups in total. The van der Waals surface area contributed by atoms with Gasteiger partial charge in [0, 0.05) is 24.0 Å². The Balaban J connectivity index is 2.08. The standard InChI is InChI=1S/C16H15ClFNO2S/c1-19(12-14-4-8-16(18)9-5-14)22(20,21)11-10-13-2-6-15(17)7-3-13/h2-11H,12H2,1H3/b11-10+. The monoisotopic (exact) mass is 339 g/mol. The fourth-order valence-corrected chi connectivity index (χ4v) is 2.77. The van der Waals surface area contributed by atoms with Crippen molar-refractivity contribution in [2.24, 2.45) is 0 Å². The van der Waals surface area contributed by atoms with Crippen molar-refractivity contribution in [3.63, 3.8) is 0 Å². The molecule has 22 heavy (non-hydrogen) atoms. The second kappa shape index (κ2) is 7.05. The highest BCUT2D eigenvalue weighted by molar-refractivity contribution is 7.92. The Hall–Kier alpha value is -1.69. The highest BCUT2D eigenvalue weighted by atomic mass is 35.5. The zero-order valence-electron chi connectivity index (χ0n) is 11.9. The molecule has 0 aliphatic carbocycles. The van der Waals surface area contributed by atoms with Crippen LogP contribution in [0.5, 0.6) is 0 Å². The summed E-state index contributed by atoms with van der Waals surface area (Å²) >= 11 is 5.78. The van der Waals surface area contributed by atoms with Gasteiger partial charge in [-0.1, -0.05) is 35.9 Å². The predicted octanol–water partition coefficient (Wildman–Crippen LogP) is 3.91. The average molecular weight is 340 g/mol. The van der Waals surface area contributed by atoms with Crippen LogP contribution in [0.15, 0.2) is 53.9 Å². The van der Waals surface area contributed by atoms with Gasteiger partial charge in [-0.2, -0.15) is 4.31 Å². The minimum Gasteiger partial charge on any atom is -0.208 e. The van der Waals surface area contributed by atoms with Gasteiger partial charge in [-0.3, -0.25) is 0 Å². The molecule has 2 rings (SSSR count). The van der Waals surface area contributed by atoms with Crippen molar-refractivity contribution in [2.75, 3.05) is 7.05 Å². The Kier molecular flexibility index (Phi) is 5.34. The Bertz CT molecular complexity index is 756. The zero-order chi connectivity index (χ0) is 16.2. The fourth-order valence-electron chi connectivity index (χ4n) is 1.78. The number of sulfonamides is 1. The first-order valence-electron chi connectivity index (χ1n) is 6.51. The molecule has 0 fully saturated rings. The van der Waals surface area contributed by atoms with Crippen molar-refractivity contribution >= 4 is 27.7 Å². The van der Waals surface area contributed by atoms with Crippen LogP contribution in [0.4, 0.5) is 4.39 Å². The first-order chi connectivity index (χ1) is 10.4. The van der Waals surface area contributed by atoms with E-state index >= 15 is 0 Å². The lowest BCUT2D eigenvalue weighted by Gasteiger charge is -2.14. The molecule has 2 aromatic carbocycles. The number of rotatable bonds is 5. The first-order valence-corrected chi connectivity index (χ1v) is 8.39. The molecule has 2 aromatic rings. The van der Waals surface area contributed by atoms with Crippen molar-refractivity contribution < 1.29 is 12.8 Å². The van der Waals surface area contributed by atoms with Gasteiger partial charge in [-0.15, -0.1) is 0 Å². The first kappa shape index (κ1) is 16.7. The van der Waals surface area contributed by atoms with Crippen LogP contribution in [0.25, 0.3) is 6.08 Å². The lowest BCUT2D eigenvalue weighted by Crippen LogP contribution is -2.24. The molecule has 0 saturated heterocycles. The van der Waals surface area contributed by atoms with Crippen LogP contribution in [-0.2, 0) is 16.6 Å². The maximum absolute atomic E-state index is 12.8. The van der Waals surface area contributed by atoms with E-state index in [0.717, 1.165) is 11.0 Å². The highest BCUT2D eigenvalue weighted by Crippen LogP contribution is 2.13. The number of halogens is 2. The Morgan fingerprint density at radius 3 is 2.27 bits per heavy atom. The van der Waals surface area contributed by atoms with E-state index < -0.39 is 10.0 Å². The summed E-state index contributed by atoms with van der Waals surface area (Å²) in [6.07, 6.45) is 1.51. The summed E-state index contributed by atoms with van der Waals surface area (Å²) in [4.78, 5) is 0. The zero-order valence-corrected chi connectivity index (χ0v) is 13.5. The smallest absolute Gasteiger partial charge is 0.208 e. The summed E-state index contributed by atoms with van der Waals surface area (Å²) in [5.74, 6) is -0.350. The minimum absolute atomic E-state index is 0.174. The third kappa shape index (κ3) is 4.66. The molecule has 6 heteroatoms. The quantitative estimate of drug-likeness (QED) is 0.828. The van der Waals surface area contributed by atoms with E-state index in [1.165, 1.54) is 29.6 Å². The molecule has 0 heterocycles. The molecule has 0 unspecified atom stereocenters. The van der Waals surface area contributed by atoms with Crippen molar-refractivity contribution in [1.29, 1.82) is 0 Å². The second-order valence-electron chi connectivity index (χ2n) is 4.78. The summed E-state index contributed by atoms with van der Waals surface area (Å²) in [6.45, 7) is 0.174. The van der Waals surface area contributed by atoms with Gasteiger partial charge in [0.2, 0.25) is 10.0 Å². The molecular weight excluding hydrogens is 325 g/mol. The van der Waals surface area contributed by atoms with E-state index in [-0.39, 0.29) is 12.4 Å². The maximum Gasteiger partial charge on any atom is 0.236 e. The molecule has 0 radical (unpaired) electrons. The van der Waals surface area contributed by atoms with Gasteiger partial charge in [0.15, 0.2) is 0 Å². The molecule has 116 valence electrons. The third-order valence-electron chi connectivity index (χ3n) is 3.06. The lowest BCUT2D eigenvalue weighted by molar-refractivity contribution is 0.475. The highest BCUT2D eigenvalue weighted by Gasteiger charge is 2.14. The number of hydrogen-bond donors (Lipinski definition) is 0. The van der Waals surface area contributed by atoms with Crippen LogP contribution < -0.4 is 0 Å². The molecule has 3 nitrogen and oxygen atoms in total. The Labute approximate surface area is 134 Å². The molecule has 0 saturated carbocycles.